The first-order valence-electron chi connectivity index (χ1n) is 7.41. The summed E-state index contributed by atoms with van der Waals surface area (Å²) in [6.45, 7) is 0. The molecule has 2 saturated carbocycles. The number of hydrogen-bond donors (Lipinski definition) is 1. The van der Waals surface area contributed by atoms with Gasteiger partial charge in [0, 0.05) is 16.9 Å². The molecule has 2 aliphatic carbocycles. The molecule has 2 nitrogen and oxygen atoms in total. The van der Waals surface area contributed by atoms with Gasteiger partial charge in [0.05, 0.1) is 10.6 Å². The third-order valence-corrected chi connectivity index (χ3v) is 5.79. The molecular weight excluding hydrogens is 340 g/mol. The number of aliphatic hydroxyl groups excluding tert-OH is 1. The van der Waals surface area contributed by atoms with Gasteiger partial charge in [-0.1, -0.05) is 37.3 Å². The van der Waals surface area contributed by atoms with E-state index in [9.17, 15) is 5.11 Å². The number of rotatable bonds is 2. The Hall–Kier alpha value is -0.250. The third kappa shape index (κ3) is 2.60. The first kappa shape index (κ1) is 14.7. The van der Waals surface area contributed by atoms with Crippen molar-refractivity contribution in [2.24, 2.45) is 5.41 Å². The Morgan fingerprint density at radius 2 is 1.90 bits per heavy atom. The molecule has 4 heteroatoms. The van der Waals surface area contributed by atoms with Crippen molar-refractivity contribution in [3.63, 3.8) is 0 Å². The van der Waals surface area contributed by atoms with E-state index in [-0.39, 0.29) is 17.6 Å². The van der Waals surface area contributed by atoms with Crippen LogP contribution in [0.15, 0.2) is 22.7 Å². The number of halogens is 2. The van der Waals surface area contributed by atoms with Crippen LogP contribution in [-0.4, -0.2) is 17.3 Å². The van der Waals surface area contributed by atoms with E-state index in [0.717, 1.165) is 29.5 Å². The normalized spacial score (nSPS) is 28.8. The van der Waals surface area contributed by atoms with Gasteiger partial charge in [0.15, 0.2) is 0 Å². The Morgan fingerprint density at radius 3 is 2.50 bits per heavy atom. The molecule has 1 N–H and O–H groups in total. The summed E-state index contributed by atoms with van der Waals surface area (Å²) in [5.74, 6) is 0.829. The number of ether oxygens (including phenoxy) is 1. The molecule has 20 heavy (non-hydrogen) atoms. The van der Waals surface area contributed by atoms with Crippen LogP contribution in [0, 0.1) is 5.41 Å². The molecule has 0 amide bonds. The third-order valence-electron chi connectivity index (χ3n) is 4.94. The van der Waals surface area contributed by atoms with Crippen LogP contribution in [-0.2, 0) is 0 Å². The minimum atomic E-state index is -0.198. The summed E-state index contributed by atoms with van der Waals surface area (Å²) in [6.07, 6.45) is 7.84. The molecule has 3 rings (SSSR count). The second-order valence-corrected chi connectivity index (χ2v) is 7.37. The lowest BCUT2D eigenvalue weighted by atomic mass is 9.59. The average molecular weight is 360 g/mol. The Morgan fingerprint density at radius 1 is 1.20 bits per heavy atom. The predicted molar refractivity (Wildman–Crippen MR) is 84.3 cm³/mol. The molecule has 1 aromatic rings. The van der Waals surface area contributed by atoms with Crippen molar-refractivity contribution in [3.8, 4) is 5.75 Å². The van der Waals surface area contributed by atoms with E-state index >= 15 is 0 Å². The smallest absolute Gasteiger partial charge is 0.134 e. The molecule has 0 radical (unpaired) electrons. The van der Waals surface area contributed by atoms with Gasteiger partial charge in [0.25, 0.3) is 0 Å². The highest BCUT2D eigenvalue weighted by Crippen LogP contribution is 2.52. The van der Waals surface area contributed by atoms with Gasteiger partial charge in [-0.25, -0.2) is 0 Å². The van der Waals surface area contributed by atoms with Crippen molar-refractivity contribution < 1.29 is 9.84 Å². The van der Waals surface area contributed by atoms with E-state index in [1.807, 2.05) is 18.2 Å². The second-order valence-electron chi connectivity index (χ2n) is 6.08. The van der Waals surface area contributed by atoms with Gasteiger partial charge in [-0.15, -0.1) is 0 Å². The topological polar surface area (TPSA) is 29.5 Å². The maximum Gasteiger partial charge on any atom is 0.134 e. The largest absolute Gasteiger partial charge is 0.488 e. The second kappa shape index (κ2) is 5.86. The van der Waals surface area contributed by atoms with Gasteiger partial charge in [0.1, 0.15) is 11.9 Å². The summed E-state index contributed by atoms with van der Waals surface area (Å²) in [6, 6.07) is 5.60. The van der Waals surface area contributed by atoms with E-state index in [1.54, 1.807) is 0 Å². The molecule has 1 aromatic carbocycles. The van der Waals surface area contributed by atoms with Crippen LogP contribution in [0.1, 0.15) is 44.9 Å². The van der Waals surface area contributed by atoms with Gasteiger partial charge in [-0.05, 0) is 47.0 Å². The van der Waals surface area contributed by atoms with E-state index in [2.05, 4.69) is 15.9 Å². The Balaban J connectivity index is 1.76. The summed E-state index contributed by atoms with van der Waals surface area (Å²) >= 11 is 9.46. The van der Waals surface area contributed by atoms with Crippen molar-refractivity contribution in [2.45, 2.75) is 57.2 Å². The minimum Gasteiger partial charge on any atom is -0.488 e. The molecule has 2 fully saturated rings. The van der Waals surface area contributed by atoms with Crippen LogP contribution in [0.25, 0.3) is 0 Å². The van der Waals surface area contributed by atoms with Gasteiger partial charge in [0.2, 0.25) is 0 Å². The van der Waals surface area contributed by atoms with Gasteiger partial charge in [-0.3, -0.25) is 0 Å². The van der Waals surface area contributed by atoms with Crippen molar-refractivity contribution in [3.05, 3.63) is 27.7 Å². The summed E-state index contributed by atoms with van der Waals surface area (Å²) in [4.78, 5) is 0. The molecule has 1 spiro atoms. The molecule has 0 saturated heterocycles. The predicted octanol–water partition coefficient (Wildman–Crippen LogP) is 4.96. The van der Waals surface area contributed by atoms with Crippen LogP contribution in [0.2, 0.25) is 5.02 Å². The molecule has 2 atom stereocenters. The number of hydrogen-bond acceptors (Lipinski definition) is 2. The van der Waals surface area contributed by atoms with Gasteiger partial charge in [-0.2, -0.15) is 0 Å². The zero-order valence-corrected chi connectivity index (χ0v) is 13.8. The van der Waals surface area contributed by atoms with Gasteiger partial charge < -0.3 is 9.84 Å². The van der Waals surface area contributed by atoms with Crippen LogP contribution in [0.4, 0.5) is 0 Å². The van der Waals surface area contributed by atoms with E-state index in [1.165, 1.54) is 25.7 Å². The number of benzene rings is 1. The first-order chi connectivity index (χ1) is 9.62. The molecule has 110 valence electrons. The summed E-state index contributed by atoms with van der Waals surface area (Å²) < 4.78 is 7.07. The molecule has 0 heterocycles. The lowest BCUT2D eigenvalue weighted by Gasteiger charge is -2.53. The Bertz CT molecular complexity index is 483. The quantitative estimate of drug-likeness (QED) is 0.809. The minimum absolute atomic E-state index is 0.0183. The maximum atomic E-state index is 10.3. The summed E-state index contributed by atoms with van der Waals surface area (Å²) in [5, 5.41) is 11.0. The lowest BCUT2D eigenvalue weighted by Crippen LogP contribution is -2.59. The fourth-order valence-corrected chi connectivity index (χ4v) is 4.43. The van der Waals surface area contributed by atoms with Crippen molar-refractivity contribution >= 4 is 27.5 Å². The highest BCUT2D eigenvalue weighted by Gasteiger charge is 2.55. The summed E-state index contributed by atoms with van der Waals surface area (Å²) in [7, 11) is 0. The van der Waals surface area contributed by atoms with E-state index in [4.69, 9.17) is 16.3 Å². The van der Waals surface area contributed by atoms with Crippen LogP contribution in [0.3, 0.4) is 0 Å². The first-order valence-corrected chi connectivity index (χ1v) is 8.59. The monoisotopic (exact) mass is 358 g/mol. The van der Waals surface area contributed by atoms with Crippen molar-refractivity contribution in [1.82, 2.24) is 0 Å². The fourth-order valence-electron chi connectivity index (χ4n) is 3.66. The van der Waals surface area contributed by atoms with Gasteiger partial charge >= 0.3 is 0 Å². The van der Waals surface area contributed by atoms with E-state index in [0.29, 0.717) is 5.02 Å². The molecule has 2 aliphatic rings. The molecule has 0 aliphatic heterocycles. The van der Waals surface area contributed by atoms with Crippen LogP contribution in [0.5, 0.6) is 5.75 Å². The molecule has 0 aromatic heterocycles. The van der Waals surface area contributed by atoms with Crippen molar-refractivity contribution in [1.29, 1.82) is 0 Å². The average Bonchev–Trinajstić information content (AvgIpc) is 2.69. The van der Waals surface area contributed by atoms with Crippen LogP contribution >= 0.6 is 27.5 Å². The summed E-state index contributed by atoms with van der Waals surface area (Å²) in [5.41, 5.74) is -0.0183. The molecular formula is C16H20BrClO2. The Labute approximate surface area is 133 Å². The van der Waals surface area contributed by atoms with Crippen molar-refractivity contribution in [2.75, 3.05) is 0 Å². The Kier molecular flexibility index (Phi) is 4.30. The number of aliphatic hydroxyl groups is 1. The van der Waals surface area contributed by atoms with Crippen LogP contribution < -0.4 is 4.74 Å². The lowest BCUT2D eigenvalue weighted by molar-refractivity contribution is -0.163. The maximum absolute atomic E-state index is 10.3. The zero-order chi connectivity index (χ0) is 14.2. The molecule has 0 bridgehead atoms. The fraction of sp³-hybridized carbons (Fsp3) is 0.625. The zero-order valence-electron chi connectivity index (χ0n) is 11.4. The molecule has 2 unspecified atom stereocenters. The highest BCUT2D eigenvalue weighted by molar-refractivity contribution is 9.10. The van der Waals surface area contributed by atoms with E-state index < -0.39 is 0 Å². The highest BCUT2D eigenvalue weighted by atomic mass is 79.9. The standard InChI is InChI=1S/C16H20BrClO2/c17-12-9-11(18)5-6-13(12)20-15-10-14(19)16(15)7-3-1-2-4-8-16/h5-6,9,14-15,19H,1-4,7-8,10H2. The SMILES string of the molecule is OC1CC(Oc2ccc(Cl)cc2Br)C12CCCCCC2.